The van der Waals surface area contributed by atoms with Crippen molar-refractivity contribution in [1.29, 1.82) is 0 Å². The van der Waals surface area contributed by atoms with Gasteiger partial charge in [-0.25, -0.2) is 0 Å². The number of aromatic amines is 1. The molecule has 1 unspecified atom stereocenters. The van der Waals surface area contributed by atoms with Gasteiger partial charge >= 0.3 is 6.18 Å². The monoisotopic (exact) mass is 326 g/mol. The predicted octanol–water partition coefficient (Wildman–Crippen LogP) is 1.44. The molecule has 23 heavy (non-hydrogen) atoms. The van der Waals surface area contributed by atoms with Crippen molar-refractivity contribution in [2.75, 3.05) is 6.54 Å². The SMILES string of the molecule is O=C(C(O)c1cccnc1)N1CCc2[nH]nc(C(F)(F)F)c2C1. The Kier molecular flexibility index (Phi) is 3.80. The topological polar surface area (TPSA) is 82.1 Å². The van der Waals surface area contributed by atoms with E-state index in [1.165, 1.54) is 23.4 Å². The van der Waals surface area contributed by atoms with Gasteiger partial charge in [-0.2, -0.15) is 18.3 Å². The van der Waals surface area contributed by atoms with E-state index in [0.29, 0.717) is 11.3 Å². The van der Waals surface area contributed by atoms with E-state index >= 15 is 0 Å². The molecule has 122 valence electrons. The van der Waals surface area contributed by atoms with Gasteiger partial charge in [0.15, 0.2) is 11.8 Å². The van der Waals surface area contributed by atoms with Crippen molar-refractivity contribution in [3.63, 3.8) is 0 Å². The summed E-state index contributed by atoms with van der Waals surface area (Å²) in [5, 5.41) is 15.8. The van der Waals surface area contributed by atoms with Crippen LogP contribution < -0.4 is 0 Å². The molecule has 2 aromatic rings. The van der Waals surface area contributed by atoms with Crippen LogP contribution >= 0.6 is 0 Å². The largest absolute Gasteiger partial charge is 0.435 e. The number of pyridine rings is 1. The Morgan fingerprint density at radius 3 is 2.87 bits per heavy atom. The Morgan fingerprint density at radius 2 is 2.22 bits per heavy atom. The predicted molar refractivity (Wildman–Crippen MR) is 71.9 cm³/mol. The number of aromatic nitrogens is 3. The highest BCUT2D eigenvalue weighted by Crippen LogP contribution is 2.34. The number of hydrogen-bond acceptors (Lipinski definition) is 4. The fourth-order valence-electron chi connectivity index (χ4n) is 2.57. The van der Waals surface area contributed by atoms with Gasteiger partial charge in [0.1, 0.15) is 0 Å². The third-order valence-corrected chi connectivity index (χ3v) is 3.75. The lowest BCUT2D eigenvalue weighted by Gasteiger charge is -2.29. The number of fused-ring (bicyclic) bond motifs is 1. The highest BCUT2D eigenvalue weighted by Gasteiger charge is 2.40. The highest BCUT2D eigenvalue weighted by atomic mass is 19.4. The third-order valence-electron chi connectivity index (χ3n) is 3.75. The van der Waals surface area contributed by atoms with Gasteiger partial charge in [0.2, 0.25) is 0 Å². The van der Waals surface area contributed by atoms with Gasteiger partial charge in [-0.15, -0.1) is 0 Å². The first kappa shape index (κ1) is 15.5. The van der Waals surface area contributed by atoms with Crippen LogP contribution in [0.3, 0.4) is 0 Å². The van der Waals surface area contributed by atoms with E-state index in [9.17, 15) is 23.1 Å². The zero-order valence-corrected chi connectivity index (χ0v) is 11.8. The molecule has 0 aliphatic carbocycles. The summed E-state index contributed by atoms with van der Waals surface area (Å²) in [7, 11) is 0. The van der Waals surface area contributed by atoms with E-state index in [1.807, 2.05) is 0 Å². The Morgan fingerprint density at radius 1 is 1.43 bits per heavy atom. The van der Waals surface area contributed by atoms with Crippen molar-refractivity contribution in [2.24, 2.45) is 0 Å². The number of aliphatic hydroxyl groups is 1. The van der Waals surface area contributed by atoms with Gasteiger partial charge in [0.25, 0.3) is 5.91 Å². The van der Waals surface area contributed by atoms with Gasteiger partial charge < -0.3 is 10.0 Å². The summed E-state index contributed by atoms with van der Waals surface area (Å²) in [6.07, 6.45) is -2.97. The van der Waals surface area contributed by atoms with E-state index < -0.39 is 23.9 Å². The third kappa shape index (κ3) is 2.91. The zero-order chi connectivity index (χ0) is 16.6. The number of aliphatic hydroxyl groups excluding tert-OH is 1. The molecule has 0 aromatic carbocycles. The highest BCUT2D eigenvalue weighted by molar-refractivity contribution is 5.82. The number of alkyl halides is 3. The summed E-state index contributed by atoms with van der Waals surface area (Å²) < 4.78 is 38.8. The molecule has 0 saturated heterocycles. The second-order valence-corrected chi connectivity index (χ2v) is 5.23. The molecule has 1 aliphatic heterocycles. The van der Waals surface area contributed by atoms with Crippen LogP contribution in [0.4, 0.5) is 13.2 Å². The molecule has 0 radical (unpaired) electrons. The molecular formula is C14H13F3N4O2. The molecule has 0 spiro atoms. The number of carbonyl (C=O) groups excluding carboxylic acids is 1. The minimum Gasteiger partial charge on any atom is -0.378 e. The van der Waals surface area contributed by atoms with Crippen molar-refractivity contribution >= 4 is 5.91 Å². The first-order valence-corrected chi connectivity index (χ1v) is 6.88. The molecule has 0 saturated carbocycles. The molecule has 2 N–H and O–H groups in total. The van der Waals surface area contributed by atoms with Crippen molar-refractivity contribution < 1.29 is 23.1 Å². The Labute approximate surface area is 129 Å². The smallest absolute Gasteiger partial charge is 0.378 e. The maximum absolute atomic E-state index is 12.9. The molecule has 1 amide bonds. The molecule has 0 fully saturated rings. The standard InChI is InChI=1S/C14H13F3N4O2/c15-14(16,17)12-9-7-21(5-3-10(9)19-20-12)13(23)11(22)8-2-1-4-18-6-8/h1-2,4,6,11,22H,3,5,7H2,(H,19,20). The van der Waals surface area contributed by atoms with Crippen molar-refractivity contribution in [2.45, 2.75) is 25.2 Å². The Balaban J connectivity index is 1.82. The molecule has 6 nitrogen and oxygen atoms in total. The first-order valence-electron chi connectivity index (χ1n) is 6.88. The fraction of sp³-hybridized carbons (Fsp3) is 0.357. The summed E-state index contributed by atoms with van der Waals surface area (Å²) in [6, 6.07) is 3.10. The lowest BCUT2D eigenvalue weighted by Crippen LogP contribution is -2.39. The molecule has 3 rings (SSSR count). The molecule has 1 aliphatic rings. The number of amides is 1. The van der Waals surface area contributed by atoms with Crippen LogP contribution in [-0.4, -0.2) is 37.6 Å². The van der Waals surface area contributed by atoms with Crippen LogP contribution in [0.2, 0.25) is 0 Å². The normalized spacial score (nSPS) is 16.1. The number of rotatable bonds is 2. The van der Waals surface area contributed by atoms with E-state index in [-0.39, 0.29) is 25.1 Å². The molecule has 0 bridgehead atoms. The van der Waals surface area contributed by atoms with Crippen molar-refractivity contribution in [1.82, 2.24) is 20.1 Å². The van der Waals surface area contributed by atoms with Gasteiger partial charge in [0, 0.05) is 48.7 Å². The number of hydrogen-bond donors (Lipinski definition) is 2. The van der Waals surface area contributed by atoms with Gasteiger partial charge in [-0.05, 0) is 6.07 Å². The number of H-pyrrole nitrogens is 1. The second kappa shape index (κ2) is 5.65. The number of halogens is 3. The van der Waals surface area contributed by atoms with Crippen LogP contribution in [-0.2, 0) is 23.9 Å². The average Bonchev–Trinajstić information content (AvgIpc) is 2.97. The summed E-state index contributed by atoms with van der Waals surface area (Å²) >= 11 is 0. The van der Waals surface area contributed by atoms with Crippen molar-refractivity contribution in [3.8, 4) is 0 Å². The van der Waals surface area contributed by atoms with Crippen LogP contribution in [0.25, 0.3) is 0 Å². The van der Waals surface area contributed by atoms with Gasteiger partial charge in [-0.1, -0.05) is 6.07 Å². The maximum Gasteiger partial charge on any atom is 0.435 e. The molecule has 2 aromatic heterocycles. The van der Waals surface area contributed by atoms with E-state index in [2.05, 4.69) is 15.2 Å². The summed E-state index contributed by atoms with van der Waals surface area (Å²) in [5.41, 5.74) is -0.389. The minimum atomic E-state index is -4.59. The summed E-state index contributed by atoms with van der Waals surface area (Å²) in [4.78, 5) is 17.3. The van der Waals surface area contributed by atoms with Gasteiger partial charge in [-0.3, -0.25) is 14.9 Å². The van der Waals surface area contributed by atoms with Crippen molar-refractivity contribution in [3.05, 3.63) is 47.0 Å². The first-order chi connectivity index (χ1) is 10.9. The molecule has 3 heterocycles. The Bertz CT molecular complexity index is 715. The summed E-state index contributed by atoms with van der Waals surface area (Å²) in [6.45, 7) is -0.0283. The number of nitrogens with zero attached hydrogens (tertiary/aromatic N) is 3. The van der Waals surface area contributed by atoms with Gasteiger partial charge in [0.05, 0.1) is 0 Å². The lowest BCUT2D eigenvalue weighted by atomic mass is 10.0. The fourth-order valence-corrected chi connectivity index (χ4v) is 2.57. The second-order valence-electron chi connectivity index (χ2n) is 5.23. The number of nitrogens with one attached hydrogen (secondary N) is 1. The zero-order valence-electron chi connectivity index (χ0n) is 11.8. The van der Waals surface area contributed by atoms with E-state index in [0.717, 1.165) is 0 Å². The quantitative estimate of drug-likeness (QED) is 0.875. The number of carbonyl (C=O) groups is 1. The summed E-state index contributed by atoms with van der Waals surface area (Å²) in [5.74, 6) is -0.655. The average molecular weight is 326 g/mol. The van der Waals surface area contributed by atoms with E-state index in [1.54, 1.807) is 6.07 Å². The minimum absolute atomic E-state index is 0.0458. The van der Waals surface area contributed by atoms with Crippen LogP contribution in [0.1, 0.15) is 28.6 Å². The van der Waals surface area contributed by atoms with Crippen LogP contribution in [0, 0.1) is 0 Å². The lowest BCUT2D eigenvalue weighted by molar-refractivity contribution is -0.145. The maximum atomic E-state index is 12.9. The Hall–Kier alpha value is -2.42. The molecular weight excluding hydrogens is 313 g/mol. The van der Waals surface area contributed by atoms with Crippen LogP contribution in [0.15, 0.2) is 24.5 Å². The van der Waals surface area contributed by atoms with Crippen LogP contribution in [0.5, 0.6) is 0 Å². The molecule has 9 heteroatoms. The van der Waals surface area contributed by atoms with E-state index in [4.69, 9.17) is 0 Å². The molecule has 1 atom stereocenters.